The first-order valence-corrected chi connectivity index (χ1v) is 7.25. The molecule has 118 valence electrons. The van der Waals surface area contributed by atoms with E-state index in [1.807, 2.05) is 25.1 Å². The second-order valence-corrected chi connectivity index (χ2v) is 4.39. The molecule has 0 aromatic heterocycles. The molecule has 0 bridgehead atoms. The maximum Gasteiger partial charge on any atom is 0.317 e. The third-order valence-corrected chi connectivity index (χ3v) is 2.73. The fourth-order valence-corrected chi connectivity index (χ4v) is 1.70. The maximum absolute atomic E-state index is 11.5. The average Bonchev–Trinajstić information content (AvgIpc) is 2.49. The summed E-state index contributed by atoms with van der Waals surface area (Å²) < 4.78 is 10.9. The van der Waals surface area contributed by atoms with E-state index in [1.54, 1.807) is 6.07 Å². The summed E-state index contributed by atoms with van der Waals surface area (Å²) in [4.78, 5) is 11.5. The summed E-state index contributed by atoms with van der Waals surface area (Å²) in [5.74, 6) is 1.26. The molecular formula is C15H24N2O4. The van der Waals surface area contributed by atoms with E-state index >= 15 is 0 Å². The van der Waals surface area contributed by atoms with E-state index in [4.69, 9.17) is 14.6 Å². The zero-order valence-corrected chi connectivity index (χ0v) is 12.4. The molecule has 0 saturated heterocycles. The number of aliphatic hydroxyl groups excluding tert-OH is 1. The highest BCUT2D eigenvalue weighted by Gasteiger charge is 2.04. The molecule has 1 aromatic rings. The van der Waals surface area contributed by atoms with Crippen molar-refractivity contribution in [1.82, 2.24) is 10.6 Å². The Morgan fingerprint density at radius 2 is 1.81 bits per heavy atom. The fourth-order valence-electron chi connectivity index (χ4n) is 1.70. The van der Waals surface area contributed by atoms with Crippen molar-refractivity contribution >= 4 is 6.03 Å². The quantitative estimate of drug-likeness (QED) is 0.455. The summed E-state index contributed by atoms with van der Waals surface area (Å²) in [7, 11) is 0. The number of hydrogen-bond acceptors (Lipinski definition) is 4. The molecule has 0 unspecified atom stereocenters. The lowest BCUT2D eigenvalue weighted by Crippen LogP contribution is -2.38. The Morgan fingerprint density at radius 3 is 2.48 bits per heavy atom. The van der Waals surface area contributed by atoms with E-state index in [2.05, 4.69) is 10.6 Å². The molecule has 2 amide bonds. The zero-order chi connectivity index (χ0) is 15.3. The highest BCUT2D eigenvalue weighted by atomic mass is 16.5. The number of benzene rings is 1. The molecule has 0 atom stereocenters. The lowest BCUT2D eigenvalue weighted by Gasteiger charge is -2.12. The van der Waals surface area contributed by atoms with Crippen molar-refractivity contribution < 1.29 is 19.4 Å². The van der Waals surface area contributed by atoms with Crippen LogP contribution >= 0.6 is 0 Å². The minimum Gasteiger partial charge on any atom is -0.490 e. The predicted molar refractivity (Wildman–Crippen MR) is 80.6 cm³/mol. The number of rotatable bonds is 10. The van der Waals surface area contributed by atoms with Gasteiger partial charge in [0.1, 0.15) is 0 Å². The summed E-state index contributed by atoms with van der Waals surface area (Å²) in [6, 6.07) is 7.05. The van der Waals surface area contributed by atoms with E-state index < -0.39 is 0 Å². The molecule has 0 aliphatic rings. The van der Waals surface area contributed by atoms with Crippen LogP contribution in [-0.2, 0) is 0 Å². The Bertz CT molecular complexity index is 412. The van der Waals surface area contributed by atoms with Crippen LogP contribution in [0.15, 0.2) is 24.3 Å². The van der Waals surface area contributed by atoms with E-state index in [-0.39, 0.29) is 19.4 Å². The molecule has 0 heterocycles. The van der Waals surface area contributed by atoms with Gasteiger partial charge in [0.05, 0.1) is 6.61 Å². The highest BCUT2D eigenvalue weighted by Crippen LogP contribution is 2.25. The van der Waals surface area contributed by atoms with Crippen molar-refractivity contribution in [2.45, 2.75) is 26.2 Å². The van der Waals surface area contributed by atoms with Gasteiger partial charge in [0, 0.05) is 13.2 Å². The standard InChI is InChI=1S/C15H24N2O4/c1-2-20-13-8-4-5-9-14(13)21-12-17-15(19)16-10-6-3-7-11-18/h4-5,8-9,18H,2-3,6-7,10-12H2,1H3,(H2,16,17,19). The molecule has 3 N–H and O–H groups in total. The summed E-state index contributed by atoms with van der Waals surface area (Å²) in [6.07, 6.45) is 2.51. The highest BCUT2D eigenvalue weighted by molar-refractivity contribution is 5.73. The van der Waals surface area contributed by atoms with Crippen molar-refractivity contribution in [1.29, 1.82) is 0 Å². The van der Waals surface area contributed by atoms with E-state index in [1.165, 1.54) is 0 Å². The van der Waals surface area contributed by atoms with Crippen molar-refractivity contribution in [2.24, 2.45) is 0 Å². The molecule has 0 aliphatic heterocycles. The van der Waals surface area contributed by atoms with Crippen LogP contribution < -0.4 is 20.1 Å². The lowest BCUT2D eigenvalue weighted by atomic mass is 10.2. The van der Waals surface area contributed by atoms with Crippen LogP contribution in [0.3, 0.4) is 0 Å². The number of urea groups is 1. The summed E-state index contributed by atoms with van der Waals surface area (Å²) >= 11 is 0. The second-order valence-electron chi connectivity index (χ2n) is 4.39. The van der Waals surface area contributed by atoms with Crippen LogP contribution in [-0.4, -0.2) is 37.6 Å². The first-order valence-electron chi connectivity index (χ1n) is 7.25. The summed E-state index contributed by atoms with van der Waals surface area (Å²) in [5, 5.41) is 14.0. The van der Waals surface area contributed by atoms with Crippen LogP contribution in [0.4, 0.5) is 4.79 Å². The largest absolute Gasteiger partial charge is 0.490 e. The number of carbonyl (C=O) groups is 1. The molecule has 0 fully saturated rings. The fraction of sp³-hybridized carbons (Fsp3) is 0.533. The molecule has 0 aliphatic carbocycles. The van der Waals surface area contributed by atoms with E-state index in [0.717, 1.165) is 19.3 Å². The zero-order valence-electron chi connectivity index (χ0n) is 12.4. The van der Waals surface area contributed by atoms with Crippen molar-refractivity contribution in [3.8, 4) is 11.5 Å². The summed E-state index contributed by atoms with van der Waals surface area (Å²) in [6.45, 7) is 3.31. The van der Waals surface area contributed by atoms with Gasteiger partial charge in [-0.25, -0.2) is 4.79 Å². The Labute approximate surface area is 125 Å². The molecule has 0 radical (unpaired) electrons. The molecule has 1 aromatic carbocycles. The van der Waals surface area contributed by atoms with Gasteiger partial charge < -0.3 is 25.2 Å². The second kappa shape index (κ2) is 10.8. The van der Waals surface area contributed by atoms with Crippen LogP contribution in [0.1, 0.15) is 26.2 Å². The normalized spacial score (nSPS) is 10.0. The number of amides is 2. The van der Waals surface area contributed by atoms with Gasteiger partial charge in [0.15, 0.2) is 18.2 Å². The number of ether oxygens (including phenoxy) is 2. The Kier molecular flexibility index (Phi) is 8.79. The smallest absolute Gasteiger partial charge is 0.317 e. The van der Waals surface area contributed by atoms with Gasteiger partial charge in [0.2, 0.25) is 0 Å². The number of aliphatic hydroxyl groups is 1. The van der Waals surface area contributed by atoms with Gasteiger partial charge in [-0.15, -0.1) is 0 Å². The van der Waals surface area contributed by atoms with Crippen LogP contribution in [0.25, 0.3) is 0 Å². The topological polar surface area (TPSA) is 79.8 Å². The maximum atomic E-state index is 11.5. The molecule has 21 heavy (non-hydrogen) atoms. The predicted octanol–water partition coefficient (Wildman–Crippen LogP) is 1.88. The molecule has 6 heteroatoms. The minimum absolute atomic E-state index is 0.0760. The number of para-hydroxylation sites is 2. The molecular weight excluding hydrogens is 272 g/mol. The van der Waals surface area contributed by atoms with Crippen molar-refractivity contribution in [2.75, 3.05) is 26.5 Å². The third-order valence-electron chi connectivity index (χ3n) is 2.73. The average molecular weight is 296 g/mol. The van der Waals surface area contributed by atoms with Gasteiger partial charge >= 0.3 is 6.03 Å². The molecule has 6 nitrogen and oxygen atoms in total. The van der Waals surface area contributed by atoms with E-state index in [9.17, 15) is 4.79 Å². The van der Waals surface area contributed by atoms with Crippen LogP contribution in [0.2, 0.25) is 0 Å². The number of carbonyl (C=O) groups excluding carboxylic acids is 1. The number of nitrogens with one attached hydrogen (secondary N) is 2. The molecule has 0 spiro atoms. The van der Waals surface area contributed by atoms with Crippen molar-refractivity contribution in [3.05, 3.63) is 24.3 Å². The lowest BCUT2D eigenvalue weighted by molar-refractivity contribution is 0.219. The minimum atomic E-state index is -0.270. The number of unbranched alkanes of at least 4 members (excludes halogenated alkanes) is 2. The van der Waals surface area contributed by atoms with E-state index in [0.29, 0.717) is 24.7 Å². The van der Waals surface area contributed by atoms with Crippen LogP contribution in [0.5, 0.6) is 11.5 Å². The first-order chi connectivity index (χ1) is 10.3. The third kappa shape index (κ3) is 7.41. The van der Waals surface area contributed by atoms with Gasteiger partial charge in [0.25, 0.3) is 0 Å². The van der Waals surface area contributed by atoms with Gasteiger partial charge in [-0.05, 0) is 38.3 Å². The van der Waals surface area contributed by atoms with Gasteiger partial charge in [-0.2, -0.15) is 0 Å². The van der Waals surface area contributed by atoms with Crippen LogP contribution in [0, 0.1) is 0 Å². The molecule has 0 saturated carbocycles. The van der Waals surface area contributed by atoms with Gasteiger partial charge in [-0.3, -0.25) is 0 Å². The SMILES string of the molecule is CCOc1ccccc1OCNC(=O)NCCCCCO. The monoisotopic (exact) mass is 296 g/mol. The Hall–Kier alpha value is -1.95. The summed E-state index contributed by atoms with van der Waals surface area (Å²) in [5.41, 5.74) is 0. The first kappa shape index (κ1) is 17.1. The Balaban J connectivity index is 2.19. The number of hydrogen-bond donors (Lipinski definition) is 3. The van der Waals surface area contributed by atoms with Crippen molar-refractivity contribution in [3.63, 3.8) is 0 Å². The van der Waals surface area contributed by atoms with Gasteiger partial charge in [-0.1, -0.05) is 12.1 Å². The Morgan fingerprint density at radius 1 is 1.10 bits per heavy atom. The molecule has 1 rings (SSSR count).